The van der Waals surface area contributed by atoms with E-state index in [9.17, 15) is 4.79 Å². The molecule has 0 unspecified atom stereocenters. The number of nitrogens with zero attached hydrogens (tertiary/aromatic N) is 2. The molecule has 0 saturated carbocycles. The number of aromatic nitrogens is 1. The van der Waals surface area contributed by atoms with Crippen molar-refractivity contribution in [3.05, 3.63) is 22.4 Å². The highest BCUT2D eigenvalue weighted by atomic mass is 79.9. The number of halogens is 1. The second kappa shape index (κ2) is 5.89. The summed E-state index contributed by atoms with van der Waals surface area (Å²) in [7, 11) is 0. The van der Waals surface area contributed by atoms with Crippen molar-refractivity contribution in [3.8, 4) is 0 Å². The lowest BCUT2D eigenvalue weighted by atomic mass is 10.2. The number of hydrogen-bond donors (Lipinski definition) is 1. The molecular formula is C13H20BrN3O. The van der Waals surface area contributed by atoms with Gasteiger partial charge in [-0.3, -0.25) is 10.2 Å². The molecule has 1 aliphatic rings. The largest absolute Gasteiger partial charge is 0.340 e. The van der Waals surface area contributed by atoms with E-state index in [0.29, 0.717) is 5.69 Å². The molecule has 0 spiro atoms. The average molecular weight is 314 g/mol. The van der Waals surface area contributed by atoms with Crippen LogP contribution in [0, 0.1) is 0 Å². The van der Waals surface area contributed by atoms with Crippen LogP contribution >= 0.6 is 15.9 Å². The first-order valence-electron chi connectivity index (χ1n) is 6.51. The van der Waals surface area contributed by atoms with E-state index < -0.39 is 0 Å². The van der Waals surface area contributed by atoms with Crippen molar-refractivity contribution in [3.63, 3.8) is 0 Å². The van der Waals surface area contributed by atoms with Crippen LogP contribution in [0.3, 0.4) is 0 Å². The first-order valence-corrected chi connectivity index (χ1v) is 7.30. The number of hydrazine groups is 1. The molecule has 1 amide bonds. The predicted molar refractivity (Wildman–Crippen MR) is 75.4 cm³/mol. The third-order valence-electron chi connectivity index (χ3n) is 3.22. The molecule has 2 heterocycles. The van der Waals surface area contributed by atoms with Crippen molar-refractivity contribution >= 4 is 21.8 Å². The van der Waals surface area contributed by atoms with Crippen LogP contribution in [-0.2, 0) is 0 Å². The highest BCUT2D eigenvalue weighted by Gasteiger charge is 2.18. The molecule has 0 aromatic carbocycles. The Morgan fingerprint density at radius 3 is 2.61 bits per heavy atom. The van der Waals surface area contributed by atoms with E-state index in [1.165, 1.54) is 6.42 Å². The Morgan fingerprint density at radius 2 is 2.00 bits per heavy atom. The van der Waals surface area contributed by atoms with Crippen molar-refractivity contribution in [2.75, 3.05) is 13.1 Å². The summed E-state index contributed by atoms with van der Waals surface area (Å²) in [6.07, 6.45) is 5.54. The minimum Gasteiger partial charge on any atom is -0.340 e. The number of hydrogen-bond acceptors (Lipinski definition) is 2. The average Bonchev–Trinajstić information content (AvgIpc) is 2.73. The van der Waals surface area contributed by atoms with Gasteiger partial charge >= 0.3 is 0 Å². The van der Waals surface area contributed by atoms with Crippen LogP contribution in [-0.4, -0.2) is 28.6 Å². The number of piperidine rings is 1. The Morgan fingerprint density at radius 1 is 1.33 bits per heavy atom. The van der Waals surface area contributed by atoms with E-state index in [1.54, 1.807) is 0 Å². The van der Waals surface area contributed by atoms with Gasteiger partial charge < -0.3 is 4.57 Å². The quantitative estimate of drug-likeness (QED) is 0.931. The van der Waals surface area contributed by atoms with Gasteiger partial charge in [-0.1, -0.05) is 6.42 Å². The lowest BCUT2D eigenvalue weighted by molar-refractivity contribution is 0.0739. The van der Waals surface area contributed by atoms with Crippen LogP contribution in [0.4, 0.5) is 0 Å². The fourth-order valence-electron chi connectivity index (χ4n) is 2.26. The fraction of sp³-hybridized carbons (Fsp3) is 0.615. The Balaban J connectivity index is 2.08. The van der Waals surface area contributed by atoms with Gasteiger partial charge in [-0.05, 0) is 48.7 Å². The first-order chi connectivity index (χ1) is 8.58. The molecule has 1 aliphatic heterocycles. The lowest BCUT2D eigenvalue weighted by Gasteiger charge is -2.27. The first kappa shape index (κ1) is 13.6. The van der Waals surface area contributed by atoms with Crippen LogP contribution in [0.2, 0.25) is 0 Å². The molecule has 100 valence electrons. The zero-order valence-electron chi connectivity index (χ0n) is 10.9. The standard InChI is InChI=1S/C13H20BrN3O/c1-10(2)17-9-11(14)8-12(17)13(18)15-16-6-4-3-5-7-16/h8-10H,3-7H2,1-2H3,(H,15,18). The van der Waals surface area contributed by atoms with E-state index in [0.717, 1.165) is 30.4 Å². The third kappa shape index (κ3) is 3.14. The van der Waals surface area contributed by atoms with Gasteiger partial charge in [-0.15, -0.1) is 0 Å². The molecule has 1 fully saturated rings. The van der Waals surface area contributed by atoms with E-state index in [1.807, 2.05) is 21.8 Å². The summed E-state index contributed by atoms with van der Waals surface area (Å²) < 4.78 is 2.93. The Labute approximate surface area is 116 Å². The molecule has 1 aromatic rings. The van der Waals surface area contributed by atoms with Crippen LogP contribution < -0.4 is 5.43 Å². The number of carbonyl (C=O) groups excluding carboxylic acids is 1. The molecule has 4 nitrogen and oxygen atoms in total. The van der Waals surface area contributed by atoms with Crippen LogP contribution in [0.1, 0.15) is 49.6 Å². The molecule has 1 N–H and O–H groups in total. The van der Waals surface area contributed by atoms with Crippen molar-refractivity contribution in [2.45, 2.75) is 39.2 Å². The van der Waals surface area contributed by atoms with Gasteiger partial charge in [0, 0.05) is 29.8 Å². The second-order valence-corrected chi connectivity index (χ2v) is 5.95. The van der Waals surface area contributed by atoms with Gasteiger partial charge in [0.15, 0.2) is 0 Å². The van der Waals surface area contributed by atoms with Gasteiger partial charge in [-0.2, -0.15) is 0 Å². The monoisotopic (exact) mass is 313 g/mol. The maximum Gasteiger partial charge on any atom is 0.282 e. The van der Waals surface area contributed by atoms with Gasteiger partial charge in [-0.25, -0.2) is 5.01 Å². The Bertz CT molecular complexity index is 422. The summed E-state index contributed by atoms with van der Waals surface area (Å²) in [6.45, 7) is 6.05. The van der Waals surface area contributed by atoms with E-state index >= 15 is 0 Å². The molecule has 0 radical (unpaired) electrons. The molecule has 2 rings (SSSR count). The minimum atomic E-state index is -0.0173. The SMILES string of the molecule is CC(C)n1cc(Br)cc1C(=O)NN1CCCCC1. The minimum absolute atomic E-state index is 0.0173. The fourth-order valence-corrected chi connectivity index (χ4v) is 2.70. The molecule has 0 bridgehead atoms. The molecule has 0 atom stereocenters. The van der Waals surface area contributed by atoms with Crippen molar-refractivity contribution < 1.29 is 4.79 Å². The van der Waals surface area contributed by atoms with Gasteiger partial charge in [0.2, 0.25) is 0 Å². The summed E-state index contributed by atoms with van der Waals surface area (Å²) in [5.74, 6) is -0.0173. The maximum absolute atomic E-state index is 12.3. The zero-order valence-corrected chi connectivity index (χ0v) is 12.5. The van der Waals surface area contributed by atoms with E-state index in [4.69, 9.17) is 0 Å². The predicted octanol–water partition coefficient (Wildman–Crippen LogP) is 2.96. The zero-order chi connectivity index (χ0) is 13.1. The Kier molecular flexibility index (Phi) is 4.45. The molecule has 1 saturated heterocycles. The smallest absolute Gasteiger partial charge is 0.282 e. The molecule has 0 aliphatic carbocycles. The van der Waals surface area contributed by atoms with Crippen LogP contribution in [0.15, 0.2) is 16.7 Å². The van der Waals surface area contributed by atoms with Crippen molar-refractivity contribution in [2.24, 2.45) is 0 Å². The van der Waals surface area contributed by atoms with Crippen LogP contribution in [0.25, 0.3) is 0 Å². The number of amides is 1. The highest BCUT2D eigenvalue weighted by molar-refractivity contribution is 9.10. The Hall–Kier alpha value is -0.810. The summed E-state index contributed by atoms with van der Waals surface area (Å²) in [5, 5.41) is 2.03. The molecule has 18 heavy (non-hydrogen) atoms. The number of nitrogens with one attached hydrogen (secondary N) is 1. The molecule has 1 aromatic heterocycles. The van der Waals surface area contributed by atoms with E-state index in [2.05, 4.69) is 35.2 Å². The topological polar surface area (TPSA) is 37.3 Å². The van der Waals surface area contributed by atoms with E-state index in [-0.39, 0.29) is 11.9 Å². The number of carbonyl (C=O) groups is 1. The van der Waals surface area contributed by atoms with Gasteiger partial charge in [0.1, 0.15) is 5.69 Å². The lowest BCUT2D eigenvalue weighted by Crippen LogP contribution is -2.45. The molecular weight excluding hydrogens is 294 g/mol. The second-order valence-electron chi connectivity index (χ2n) is 5.03. The normalized spacial score (nSPS) is 17.1. The summed E-state index contributed by atoms with van der Waals surface area (Å²) in [6, 6.07) is 2.15. The summed E-state index contributed by atoms with van der Waals surface area (Å²) in [4.78, 5) is 12.3. The molecule has 5 heteroatoms. The third-order valence-corrected chi connectivity index (χ3v) is 3.65. The van der Waals surface area contributed by atoms with Crippen molar-refractivity contribution in [1.29, 1.82) is 0 Å². The van der Waals surface area contributed by atoms with Gasteiger partial charge in [0.25, 0.3) is 5.91 Å². The summed E-state index contributed by atoms with van der Waals surface area (Å²) in [5.41, 5.74) is 3.71. The van der Waals surface area contributed by atoms with Crippen molar-refractivity contribution in [1.82, 2.24) is 15.0 Å². The summed E-state index contributed by atoms with van der Waals surface area (Å²) >= 11 is 3.43. The van der Waals surface area contributed by atoms with Crippen LogP contribution in [0.5, 0.6) is 0 Å². The van der Waals surface area contributed by atoms with Gasteiger partial charge in [0.05, 0.1) is 0 Å². The highest BCUT2D eigenvalue weighted by Crippen LogP contribution is 2.19. The maximum atomic E-state index is 12.3. The number of rotatable bonds is 3.